The van der Waals surface area contributed by atoms with Crippen LogP contribution in [0.5, 0.6) is 0 Å². The normalized spacial score (nSPS) is 14.5. The molecule has 414 valence electrons. The molecule has 3 atom stereocenters. The number of phosphoric ester groups is 1. The summed E-state index contributed by atoms with van der Waals surface area (Å²) in [6.07, 6.45) is 68.4. The van der Waals surface area contributed by atoms with Crippen molar-refractivity contribution in [3.05, 3.63) is 97.2 Å². The number of esters is 1. The van der Waals surface area contributed by atoms with Crippen molar-refractivity contribution in [3.8, 4) is 0 Å². The Morgan fingerprint density at radius 1 is 0.500 bits per heavy atom. The van der Waals surface area contributed by atoms with E-state index in [0.29, 0.717) is 17.4 Å². The van der Waals surface area contributed by atoms with Gasteiger partial charge in [-0.1, -0.05) is 215 Å². The minimum atomic E-state index is -4.47. The number of nitrogens with zero attached hydrogens (tertiary/aromatic N) is 1. The van der Waals surface area contributed by atoms with E-state index in [1.54, 1.807) is 0 Å². The Hall–Kier alpha value is -3.07. The highest BCUT2D eigenvalue weighted by atomic mass is 31.2. The molecule has 0 spiro atoms. The molecule has 0 aromatic rings. The van der Waals surface area contributed by atoms with Crippen LogP contribution in [0.1, 0.15) is 233 Å². The Morgan fingerprint density at radius 2 is 0.903 bits per heavy atom. The number of quaternary nitrogens is 1. The lowest BCUT2D eigenvalue weighted by molar-refractivity contribution is -0.870. The molecule has 0 fully saturated rings. The molecular formula is C62H110N2O7P+. The molecule has 0 rings (SSSR count). The van der Waals surface area contributed by atoms with Crippen LogP contribution in [-0.2, 0) is 27.9 Å². The molecule has 72 heavy (non-hydrogen) atoms. The van der Waals surface area contributed by atoms with E-state index in [1.807, 2.05) is 33.3 Å². The zero-order valence-electron chi connectivity index (χ0n) is 47.1. The number of hydrogen-bond donors (Lipinski definition) is 2. The van der Waals surface area contributed by atoms with Crippen molar-refractivity contribution in [3.63, 3.8) is 0 Å². The first kappa shape index (κ1) is 68.9. The first-order valence-electron chi connectivity index (χ1n) is 29.1. The van der Waals surface area contributed by atoms with Crippen LogP contribution in [-0.4, -0.2) is 74.3 Å². The third-order valence-electron chi connectivity index (χ3n) is 12.3. The first-order chi connectivity index (χ1) is 34.9. The molecule has 0 aliphatic carbocycles. The molecule has 0 heterocycles. The van der Waals surface area contributed by atoms with Crippen LogP contribution >= 0.6 is 7.82 Å². The minimum Gasteiger partial charge on any atom is -0.456 e. The van der Waals surface area contributed by atoms with Crippen molar-refractivity contribution in [2.45, 2.75) is 245 Å². The van der Waals surface area contributed by atoms with E-state index in [9.17, 15) is 19.0 Å². The average Bonchev–Trinajstić information content (AvgIpc) is 3.34. The van der Waals surface area contributed by atoms with Gasteiger partial charge in [0.05, 0.1) is 33.8 Å². The summed E-state index contributed by atoms with van der Waals surface area (Å²) in [5.41, 5.74) is 0. The maximum absolute atomic E-state index is 13.5. The summed E-state index contributed by atoms with van der Waals surface area (Å²) in [6, 6.07) is -0.886. The van der Waals surface area contributed by atoms with Gasteiger partial charge in [0.25, 0.3) is 0 Å². The predicted molar refractivity (Wildman–Crippen MR) is 309 cm³/mol. The number of ether oxygens (including phenoxy) is 1. The van der Waals surface area contributed by atoms with E-state index < -0.39 is 20.0 Å². The molecule has 9 nitrogen and oxygen atoms in total. The largest absolute Gasteiger partial charge is 0.472 e. The number of nitrogens with one attached hydrogen (secondary N) is 1. The number of carbonyl (C=O) groups is 2. The van der Waals surface area contributed by atoms with Gasteiger partial charge in [0.1, 0.15) is 19.3 Å². The summed E-state index contributed by atoms with van der Waals surface area (Å²) >= 11 is 0. The zero-order valence-corrected chi connectivity index (χ0v) is 48.0. The van der Waals surface area contributed by atoms with Crippen LogP contribution in [0.15, 0.2) is 97.2 Å². The molecule has 0 aromatic carbocycles. The van der Waals surface area contributed by atoms with Gasteiger partial charge in [-0.05, 0) is 102 Å². The summed E-state index contributed by atoms with van der Waals surface area (Å²) in [7, 11) is 1.44. The van der Waals surface area contributed by atoms with E-state index in [-0.39, 0.29) is 37.9 Å². The molecule has 0 aromatic heterocycles. The number of carbonyl (C=O) groups excluding carboxylic acids is 2. The van der Waals surface area contributed by atoms with Crippen molar-refractivity contribution < 1.29 is 37.3 Å². The topological polar surface area (TPSA) is 111 Å². The van der Waals surface area contributed by atoms with Crippen molar-refractivity contribution in [1.29, 1.82) is 0 Å². The highest BCUT2D eigenvalue weighted by Gasteiger charge is 2.30. The second-order valence-corrected chi connectivity index (χ2v) is 21.9. The van der Waals surface area contributed by atoms with Gasteiger partial charge in [0.2, 0.25) is 5.91 Å². The standard InChI is InChI=1S/C62H109N2O7P/c1-7-10-13-16-19-22-25-28-30-32-34-36-39-42-45-48-51-54-61(65)63-59(58-70-72(67,68)69-57-56-64(4,5)6)60(53-50-47-44-41-38-27-24-21-18-15-12-9-3)71-62(66)55-52-49-46-43-40-37-35-33-31-29-26-23-20-17-14-11-8-2/h10,13,19-20,22-23,28-31,34,36,42,45,50,53,59-60H,7-9,11-12,14-18,21,24-27,32-33,35,37-41,43-44,46-49,51-52,54-58H2,1-6H3,(H-,63,65,67,68)/p+1/b13-10-,22-19-,23-20-,30-28-,31-29-,36-34-,45-42-,53-50+. The number of likely N-dealkylation sites (N-methyl/N-ethyl adjacent to an activating group) is 1. The van der Waals surface area contributed by atoms with Crippen LogP contribution in [0.25, 0.3) is 0 Å². The molecule has 1 amide bonds. The summed E-state index contributed by atoms with van der Waals surface area (Å²) in [4.78, 5) is 37.6. The second-order valence-electron chi connectivity index (χ2n) is 20.4. The number of rotatable bonds is 51. The lowest BCUT2D eigenvalue weighted by atomic mass is 10.1. The Kier molecular flexibility index (Phi) is 49.2. The predicted octanol–water partition coefficient (Wildman–Crippen LogP) is 17.6. The van der Waals surface area contributed by atoms with E-state index >= 15 is 0 Å². The average molecular weight is 1030 g/mol. The quantitative estimate of drug-likeness (QED) is 0.0205. The first-order valence-corrected chi connectivity index (χ1v) is 30.6. The lowest BCUT2D eigenvalue weighted by Crippen LogP contribution is -2.47. The number of hydrogen-bond acceptors (Lipinski definition) is 6. The summed E-state index contributed by atoms with van der Waals surface area (Å²) in [5, 5.41) is 3.01. The van der Waals surface area contributed by atoms with Gasteiger partial charge in [0, 0.05) is 12.8 Å². The van der Waals surface area contributed by atoms with Crippen LogP contribution < -0.4 is 5.32 Å². The summed E-state index contributed by atoms with van der Waals surface area (Å²) in [5.74, 6) is -0.588. The fraction of sp³-hybridized carbons (Fsp3) is 0.710. The van der Waals surface area contributed by atoms with Crippen molar-refractivity contribution >= 4 is 19.7 Å². The number of unbranched alkanes of at least 4 members (excludes halogenated alkanes) is 21. The Morgan fingerprint density at radius 3 is 1.39 bits per heavy atom. The molecule has 0 radical (unpaired) electrons. The number of phosphoric acid groups is 1. The van der Waals surface area contributed by atoms with E-state index in [1.165, 1.54) is 96.3 Å². The van der Waals surface area contributed by atoms with Gasteiger partial charge in [-0.15, -0.1) is 0 Å². The fourth-order valence-electron chi connectivity index (χ4n) is 7.77. The molecule has 0 saturated carbocycles. The maximum Gasteiger partial charge on any atom is 0.472 e. The van der Waals surface area contributed by atoms with Crippen LogP contribution in [0.2, 0.25) is 0 Å². The molecule has 0 aliphatic rings. The minimum absolute atomic E-state index is 0.0238. The Labute approximate surface area is 443 Å². The molecule has 0 aliphatic heterocycles. The highest BCUT2D eigenvalue weighted by molar-refractivity contribution is 7.47. The van der Waals surface area contributed by atoms with Crippen LogP contribution in [0.3, 0.4) is 0 Å². The monoisotopic (exact) mass is 1030 g/mol. The number of allylic oxidation sites excluding steroid dienone is 15. The molecule has 0 bridgehead atoms. The zero-order chi connectivity index (χ0) is 52.9. The van der Waals surface area contributed by atoms with Gasteiger partial charge in [-0.3, -0.25) is 18.6 Å². The van der Waals surface area contributed by atoms with Gasteiger partial charge >= 0.3 is 13.8 Å². The summed E-state index contributed by atoms with van der Waals surface area (Å²) < 4.78 is 30.6. The van der Waals surface area contributed by atoms with Crippen molar-refractivity contribution in [2.24, 2.45) is 0 Å². The fourth-order valence-corrected chi connectivity index (χ4v) is 8.50. The van der Waals surface area contributed by atoms with Crippen molar-refractivity contribution in [1.82, 2.24) is 5.32 Å². The third-order valence-corrected chi connectivity index (χ3v) is 13.2. The van der Waals surface area contributed by atoms with Crippen LogP contribution in [0.4, 0.5) is 0 Å². The molecular weight excluding hydrogens is 916 g/mol. The summed E-state index contributed by atoms with van der Waals surface area (Å²) in [6.45, 7) is 6.81. The van der Waals surface area contributed by atoms with Crippen molar-refractivity contribution in [2.75, 3.05) is 40.9 Å². The Balaban J connectivity index is 5.45. The van der Waals surface area contributed by atoms with Gasteiger partial charge in [-0.2, -0.15) is 0 Å². The SMILES string of the molecule is CC/C=C\C/C=C\C/C=C\C/C=C\C/C=C\CCCC(=O)NC(COP(=O)(O)OCC[N+](C)(C)C)C(/C=C/CCCCCCCCCCCC)OC(=O)CCCCCCCCC/C=C\C/C=C\CCCCC. The van der Waals surface area contributed by atoms with Gasteiger partial charge in [-0.25, -0.2) is 4.57 Å². The van der Waals surface area contributed by atoms with Gasteiger partial charge in [0.15, 0.2) is 0 Å². The van der Waals surface area contributed by atoms with Crippen LogP contribution in [0, 0.1) is 0 Å². The highest BCUT2D eigenvalue weighted by Crippen LogP contribution is 2.43. The van der Waals surface area contributed by atoms with E-state index in [4.69, 9.17) is 13.8 Å². The lowest BCUT2D eigenvalue weighted by Gasteiger charge is -2.27. The van der Waals surface area contributed by atoms with E-state index in [0.717, 1.165) is 96.3 Å². The molecule has 2 N–H and O–H groups in total. The maximum atomic E-state index is 13.5. The third kappa shape index (κ3) is 51.8. The molecule has 3 unspecified atom stereocenters. The second kappa shape index (κ2) is 51.4. The smallest absolute Gasteiger partial charge is 0.456 e. The van der Waals surface area contributed by atoms with Gasteiger partial charge < -0.3 is 19.4 Å². The number of amides is 1. The van der Waals surface area contributed by atoms with E-state index in [2.05, 4.69) is 111 Å². The molecule has 10 heteroatoms. The molecule has 0 saturated heterocycles. The Bertz CT molecular complexity index is 1560.